The van der Waals surface area contributed by atoms with Crippen LogP contribution in [0.1, 0.15) is 0 Å². The standard InChI is InChI=1S/C11H9Cl2NO2.C6H4Cl2O/c12-6-1-2-7-16-11(15)14-10-5-3-4-9(13)8-10;7-4-2-1-3-5(8)6(4)9/h3-5,8H,6-7H2,(H,14,15);1-3,9H. The predicted octanol–water partition coefficient (Wildman–Crippen LogP) is 5.83. The molecule has 2 N–H and O–H groups in total. The van der Waals surface area contributed by atoms with Gasteiger partial charge in [0.05, 0.1) is 15.9 Å². The first kappa shape index (κ1) is 21.3. The van der Waals surface area contributed by atoms with E-state index in [0.717, 1.165) is 0 Å². The fraction of sp³-hybridized carbons (Fsp3) is 0.118. The summed E-state index contributed by atoms with van der Waals surface area (Å²) in [6.45, 7) is 0.0130. The lowest BCUT2D eigenvalue weighted by Crippen LogP contribution is -2.13. The SMILES string of the molecule is O=C(Nc1cccc(Cl)c1)OCC#CCCl.Oc1c(Cl)cccc1Cl. The van der Waals surface area contributed by atoms with Crippen molar-refractivity contribution in [2.75, 3.05) is 17.8 Å². The van der Waals surface area contributed by atoms with Crippen molar-refractivity contribution in [1.82, 2.24) is 0 Å². The molecule has 2 rings (SSSR count). The first-order valence-corrected chi connectivity index (χ1v) is 8.45. The van der Waals surface area contributed by atoms with Gasteiger partial charge in [0, 0.05) is 10.7 Å². The number of nitrogens with one attached hydrogen (secondary N) is 1. The molecular weight excluding hydrogens is 408 g/mol. The maximum Gasteiger partial charge on any atom is 0.412 e. The van der Waals surface area contributed by atoms with Gasteiger partial charge in [-0.15, -0.1) is 11.6 Å². The van der Waals surface area contributed by atoms with E-state index in [9.17, 15) is 4.79 Å². The fourth-order valence-corrected chi connectivity index (χ4v) is 2.09. The Bertz CT molecular complexity index is 752. The number of halogens is 4. The summed E-state index contributed by atoms with van der Waals surface area (Å²) >= 11 is 22.0. The van der Waals surface area contributed by atoms with Crippen LogP contribution in [0.15, 0.2) is 42.5 Å². The van der Waals surface area contributed by atoms with Crippen LogP contribution >= 0.6 is 46.4 Å². The highest BCUT2D eigenvalue weighted by Crippen LogP contribution is 2.30. The summed E-state index contributed by atoms with van der Waals surface area (Å²) in [5.41, 5.74) is 0.572. The zero-order valence-electron chi connectivity index (χ0n) is 12.7. The van der Waals surface area contributed by atoms with Gasteiger partial charge < -0.3 is 9.84 Å². The molecule has 2 aromatic rings. The van der Waals surface area contributed by atoms with E-state index in [1.54, 1.807) is 42.5 Å². The second-order valence-corrected chi connectivity index (χ2v) is 5.79. The largest absolute Gasteiger partial charge is 0.505 e. The molecule has 0 aromatic heterocycles. The minimum atomic E-state index is -0.578. The third-order valence-corrected chi connectivity index (χ3v) is 3.45. The molecule has 0 saturated heterocycles. The van der Waals surface area contributed by atoms with Gasteiger partial charge in [-0.05, 0) is 30.3 Å². The van der Waals surface area contributed by atoms with E-state index in [-0.39, 0.29) is 28.3 Å². The van der Waals surface area contributed by atoms with E-state index in [2.05, 4.69) is 17.2 Å². The number of hydrogen-bond acceptors (Lipinski definition) is 3. The van der Waals surface area contributed by atoms with E-state index in [1.165, 1.54) is 0 Å². The molecule has 0 saturated carbocycles. The van der Waals surface area contributed by atoms with Crippen molar-refractivity contribution in [3.63, 3.8) is 0 Å². The van der Waals surface area contributed by atoms with Crippen molar-refractivity contribution in [1.29, 1.82) is 0 Å². The molecule has 0 spiro atoms. The minimum Gasteiger partial charge on any atom is -0.505 e. The average molecular weight is 421 g/mol. The van der Waals surface area contributed by atoms with E-state index in [0.29, 0.717) is 10.7 Å². The molecule has 0 heterocycles. The Morgan fingerprint density at radius 2 is 1.72 bits per heavy atom. The Kier molecular flexibility index (Phi) is 9.98. The zero-order chi connectivity index (χ0) is 18.7. The molecular formula is C17H13Cl4NO3. The highest BCUT2D eigenvalue weighted by atomic mass is 35.5. The molecule has 0 radical (unpaired) electrons. The number of alkyl halides is 1. The van der Waals surface area contributed by atoms with Gasteiger partial charge in [-0.2, -0.15) is 0 Å². The van der Waals surface area contributed by atoms with E-state index < -0.39 is 6.09 Å². The Hall–Kier alpha value is -1.77. The average Bonchev–Trinajstić information content (AvgIpc) is 2.57. The molecule has 0 bridgehead atoms. The van der Waals surface area contributed by atoms with Crippen LogP contribution in [0.5, 0.6) is 5.75 Å². The number of aromatic hydroxyl groups is 1. The number of rotatable bonds is 2. The van der Waals surface area contributed by atoms with Crippen molar-refractivity contribution >= 4 is 58.2 Å². The van der Waals surface area contributed by atoms with Crippen LogP contribution in [0, 0.1) is 11.8 Å². The van der Waals surface area contributed by atoms with Crippen LogP contribution < -0.4 is 5.32 Å². The Morgan fingerprint density at radius 3 is 2.28 bits per heavy atom. The van der Waals surface area contributed by atoms with Gasteiger partial charge in [-0.1, -0.05) is 58.8 Å². The maximum atomic E-state index is 11.2. The maximum absolute atomic E-state index is 11.2. The minimum absolute atomic E-state index is 0.0130. The molecule has 0 aliphatic rings. The molecule has 4 nitrogen and oxygen atoms in total. The number of hydrogen-bond donors (Lipinski definition) is 2. The third kappa shape index (κ3) is 8.76. The molecule has 0 fully saturated rings. The number of amides is 1. The van der Waals surface area contributed by atoms with Gasteiger partial charge in [-0.3, -0.25) is 5.32 Å². The lowest BCUT2D eigenvalue weighted by atomic mass is 10.3. The van der Waals surface area contributed by atoms with Crippen molar-refractivity contribution in [3.8, 4) is 17.6 Å². The summed E-state index contributed by atoms with van der Waals surface area (Å²) in [5, 5.41) is 12.6. The molecule has 25 heavy (non-hydrogen) atoms. The summed E-state index contributed by atoms with van der Waals surface area (Å²) in [5.74, 6) is 5.30. The highest BCUT2D eigenvalue weighted by Gasteiger charge is 2.01. The van der Waals surface area contributed by atoms with E-state index >= 15 is 0 Å². The number of para-hydroxylation sites is 1. The zero-order valence-corrected chi connectivity index (χ0v) is 15.8. The molecule has 8 heteroatoms. The normalized spacial score (nSPS) is 9.12. The van der Waals surface area contributed by atoms with Gasteiger partial charge >= 0.3 is 6.09 Å². The van der Waals surface area contributed by atoms with Gasteiger partial charge in [0.1, 0.15) is 0 Å². The summed E-state index contributed by atoms with van der Waals surface area (Å²) in [7, 11) is 0. The predicted molar refractivity (Wildman–Crippen MR) is 103 cm³/mol. The Balaban J connectivity index is 0.000000293. The summed E-state index contributed by atoms with van der Waals surface area (Å²) < 4.78 is 4.76. The third-order valence-electron chi connectivity index (χ3n) is 2.48. The second kappa shape index (κ2) is 11.7. The molecule has 0 atom stereocenters. The Labute approximate surface area is 165 Å². The monoisotopic (exact) mass is 419 g/mol. The first-order valence-electron chi connectivity index (χ1n) is 6.78. The highest BCUT2D eigenvalue weighted by molar-refractivity contribution is 6.37. The van der Waals surface area contributed by atoms with Crippen molar-refractivity contribution in [2.45, 2.75) is 0 Å². The van der Waals surface area contributed by atoms with Gasteiger partial charge in [0.15, 0.2) is 12.4 Å². The van der Waals surface area contributed by atoms with Crippen LogP contribution in [0.3, 0.4) is 0 Å². The summed E-state index contributed by atoms with van der Waals surface area (Å²) in [4.78, 5) is 11.2. The van der Waals surface area contributed by atoms with Crippen LogP contribution in [0.25, 0.3) is 0 Å². The molecule has 0 aliphatic carbocycles. The van der Waals surface area contributed by atoms with Gasteiger partial charge in [0.2, 0.25) is 0 Å². The molecule has 132 valence electrons. The number of anilines is 1. The summed E-state index contributed by atoms with van der Waals surface area (Å²) in [6, 6.07) is 11.6. The van der Waals surface area contributed by atoms with E-state index in [1.807, 2.05) is 0 Å². The van der Waals surface area contributed by atoms with Gasteiger partial charge in [0.25, 0.3) is 0 Å². The Morgan fingerprint density at radius 1 is 1.08 bits per heavy atom. The van der Waals surface area contributed by atoms with Crippen molar-refractivity contribution in [2.24, 2.45) is 0 Å². The number of carbonyl (C=O) groups excluding carboxylic acids is 1. The van der Waals surface area contributed by atoms with Crippen molar-refractivity contribution in [3.05, 3.63) is 57.5 Å². The lowest BCUT2D eigenvalue weighted by Gasteiger charge is -2.04. The van der Waals surface area contributed by atoms with Crippen molar-refractivity contribution < 1.29 is 14.6 Å². The fourth-order valence-electron chi connectivity index (χ4n) is 1.41. The van der Waals surface area contributed by atoms with Crippen LogP contribution in [0.4, 0.5) is 10.5 Å². The molecule has 1 amide bonds. The molecule has 0 unspecified atom stereocenters. The van der Waals surface area contributed by atoms with Gasteiger partial charge in [-0.25, -0.2) is 4.79 Å². The number of phenolic OH excluding ortho intramolecular Hbond substituents is 1. The van der Waals surface area contributed by atoms with Crippen LogP contribution in [0.2, 0.25) is 15.1 Å². The second-order valence-electron chi connectivity index (χ2n) is 4.27. The smallest absolute Gasteiger partial charge is 0.412 e. The quantitative estimate of drug-likeness (QED) is 0.474. The molecule has 0 aliphatic heterocycles. The molecule has 2 aromatic carbocycles. The number of benzene rings is 2. The van der Waals surface area contributed by atoms with Crippen LogP contribution in [-0.2, 0) is 4.74 Å². The first-order chi connectivity index (χ1) is 11.9. The van der Waals surface area contributed by atoms with E-state index in [4.69, 9.17) is 56.2 Å². The lowest BCUT2D eigenvalue weighted by molar-refractivity contribution is 0.176. The number of phenols is 1. The number of carbonyl (C=O) groups is 1. The number of ether oxygens (including phenoxy) is 1. The van der Waals surface area contributed by atoms with Crippen LogP contribution in [-0.4, -0.2) is 23.7 Å². The summed E-state index contributed by atoms with van der Waals surface area (Å²) in [6.07, 6.45) is -0.578. The topological polar surface area (TPSA) is 58.6 Å².